The average Bonchev–Trinajstić information content (AvgIpc) is 3.24. The zero-order chi connectivity index (χ0) is 18.5. The Labute approximate surface area is 155 Å². The van der Waals surface area contributed by atoms with Crippen molar-refractivity contribution in [1.82, 2.24) is 10.2 Å². The molecular weight excluding hydrogens is 354 g/mol. The van der Waals surface area contributed by atoms with Gasteiger partial charge in [-0.05, 0) is 37.6 Å². The van der Waals surface area contributed by atoms with E-state index in [4.69, 9.17) is 13.9 Å². The molecule has 3 aromatic rings. The fourth-order valence-corrected chi connectivity index (χ4v) is 2.99. The van der Waals surface area contributed by atoms with Gasteiger partial charge in [-0.1, -0.05) is 29.0 Å². The van der Waals surface area contributed by atoms with E-state index >= 15 is 0 Å². The van der Waals surface area contributed by atoms with Gasteiger partial charge in [-0.25, -0.2) is 0 Å². The molecule has 7 nitrogen and oxygen atoms in total. The van der Waals surface area contributed by atoms with Gasteiger partial charge in [-0.3, -0.25) is 10.1 Å². The second kappa shape index (κ2) is 8.11. The number of hydrogen-bond donors (Lipinski definition) is 1. The van der Waals surface area contributed by atoms with E-state index in [0.717, 1.165) is 11.3 Å². The van der Waals surface area contributed by atoms with Crippen LogP contribution in [-0.2, 0) is 18.0 Å². The van der Waals surface area contributed by atoms with Crippen molar-refractivity contribution in [3.63, 3.8) is 0 Å². The third-order valence-electron chi connectivity index (χ3n) is 3.54. The van der Waals surface area contributed by atoms with Crippen LogP contribution in [-0.4, -0.2) is 23.2 Å². The van der Waals surface area contributed by atoms with Crippen molar-refractivity contribution in [2.75, 3.05) is 12.4 Å². The summed E-state index contributed by atoms with van der Waals surface area (Å²) >= 11 is 1.26. The summed E-state index contributed by atoms with van der Waals surface area (Å²) in [7, 11) is 1.56. The maximum absolute atomic E-state index is 12.2. The van der Waals surface area contributed by atoms with Crippen LogP contribution in [0.5, 0.6) is 5.75 Å². The normalized spacial score (nSPS) is 10.7. The van der Waals surface area contributed by atoms with Gasteiger partial charge in [0.1, 0.15) is 24.7 Å². The monoisotopic (exact) mass is 373 g/mol. The van der Waals surface area contributed by atoms with Crippen molar-refractivity contribution in [3.8, 4) is 5.75 Å². The minimum Gasteiger partial charge on any atom is -0.486 e. The molecule has 1 amide bonds. The van der Waals surface area contributed by atoms with Crippen LogP contribution in [0.25, 0.3) is 0 Å². The molecule has 0 saturated heterocycles. The second-order valence-corrected chi connectivity index (χ2v) is 6.77. The standard InChI is InChI=1S/C18H19N3O4S/c1-11-4-6-14(12(2)8-11)24-10-16-20-21-18(26-16)19-17(22)15-7-5-13(25-15)9-23-3/h4-8H,9-10H2,1-3H3,(H,19,21,22). The summed E-state index contributed by atoms with van der Waals surface area (Å²) in [5.41, 5.74) is 2.25. The van der Waals surface area contributed by atoms with Gasteiger partial charge < -0.3 is 13.9 Å². The Kier molecular flexibility index (Phi) is 5.65. The lowest BCUT2D eigenvalue weighted by molar-refractivity contribution is 0.0987. The van der Waals surface area contributed by atoms with Crippen LogP contribution in [0, 0.1) is 13.8 Å². The molecule has 0 aliphatic carbocycles. The number of aromatic nitrogens is 2. The van der Waals surface area contributed by atoms with Gasteiger partial charge in [0.05, 0.1) is 0 Å². The number of benzene rings is 1. The number of methoxy groups -OCH3 is 1. The average molecular weight is 373 g/mol. The van der Waals surface area contributed by atoms with Gasteiger partial charge >= 0.3 is 0 Å². The maximum Gasteiger partial charge on any atom is 0.293 e. The number of carbonyl (C=O) groups is 1. The van der Waals surface area contributed by atoms with E-state index in [-0.39, 0.29) is 18.3 Å². The number of hydrogen-bond acceptors (Lipinski definition) is 7. The van der Waals surface area contributed by atoms with Crippen LogP contribution < -0.4 is 10.1 Å². The summed E-state index contributed by atoms with van der Waals surface area (Å²) in [5, 5.41) is 11.7. The lowest BCUT2D eigenvalue weighted by atomic mass is 10.1. The Morgan fingerprint density at radius 1 is 1.19 bits per heavy atom. The first-order valence-electron chi connectivity index (χ1n) is 7.96. The molecule has 0 bridgehead atoms. The minimum atomic E-state index is -0.384. The summed E-state index contributed by atoms with van der Waals surface area (Å²) in [6, 6.07) is 9.27. The molecule has 0 aliphatic heterocycles. The molecule has 0 fully saturated rings. The largest absolute Gasteiger partial charge is 0.486 e. The lowest BCUT2D eigenvalue weighted by Crippen LogP contribution is -2.10. The van der Waals surface area contributed by atoms with Crippen LogP contribution >= 0.6 is 11.3 Å². The van der Waals surface area contributed by atoms with Gasteiger partial charge in [-0.2, -0.15) is 0 Å². The maximum atomic E-state index is 12.2. The zero-order valence-corrected chi connectivity index (χ0v) is 15.6. The molecular formula is C18H19N3O4S. The Balaban J connectivity index is 1.57. The fraction of sp³-hybridized carbons (Fsp3) is 0.278. The van der Waals surface area contributed by atoms with E-state index in [1.807, 2.05) is 26.0 Å². The Bertz CT molecular complexity index is 903. The predicted octanol–water partition coefficient (Wildman–Crippen LogP) is 3.73. The van der Waals surface area contributed by atoms with E-state index in [9.17, 15) is 4.79 Å². The number of nitrogens with zero attached hydrogens (tertiary/aromatic N) is 2. The minimum absolute atomic E-state index is 0.195. The lowest BCUT2D eigenvalue weighted by Gasteiger charge is -2.07. The van der Waals surface area contributed by atoms with Crippen molar-refractivity contribution >= 4 is 22.4 Å². The van der Waals surface area contributed by atoms with Gasteiger partial charge in [0, 0.05) is 7.11 Å². The smallest absolute Gasteiger partial charge is 0.293 e. The SMILES string of the molecule is COCc1ccc(C(=O)Nc2nnc(COc3ccc(C)cc3C)s2)o1. The highest BCUT2D eigenvalue weighted by atomic mass is 32.1. The van der Waals surface area contributed by atoms with Crippen molar-refractivity contribution < 1.29 is 18.7 Å². The number of anilines is 1. The second-order valence-electron chi connectivity index (χ2n) is 5.71. The first kappa shape index (κ1) is 18.1. The van der Waals surface area contributed by atoms with Crippen LogP contribution in [0.2, 0.25) is 0 Å². The van der Waals surface area contributed by atoms with Gasteiger partial charge in [0.15, 0.2) is 10.8 Å². The highest BCUT2D eigenvalue weighted by molar-refractivity contribution is 7.15. The number of carbonyl (C=O) groups excluding carboxylic acids is 1. The van der Waals surface area contributed by atoms with E-state index < -0.39 is 0 Å². The number of aryl methyl sites for hydroxylation is 2. The van der Waals surface area contributed by atoms with Crippen LogP contribution in [0.4, 0.5) is 5.13 Å². The third kappa shape index (κ3) is 4.47. The molecule has 0 aliphatic rings. The molecule has 2 aromatic heterocycles. The van der Waals surface area contributed by atoms with Crippen LogP contribution in [0.1, 0.15) is 32.4 Å². The highest BCUT2D eigenvalue weighted by Gasteiger charge is 2.14. The first-order valence-corrected chi connectivity index (χ1v) is 8.78. The molecule has 136 valence electrons. The molecule has 0 radical (unpaired) electrons. The molecule has 0 saturated carbocycles. The molecule has 1 N–H and O–H groups in total. The zero-order valence-electron chi connectivity index (χ0n) is 14.7. The first-order chi connectivity index (χ1) is 12.5. The number of furan rings is 1. The molecule has 26 heavy (non-hydrogen) atoms. The molecule has 3 rings (SSSR count). The van der Waals surface area contributed by atoms with Crippen molar-refractivity contribution in [2.45, 2.75) is 27.1 Å². The molecule has 0 spiro atoms. The van der Waals surface area contributed by atoms with E-state index in [0.29, 0.717) is 22.5 Å². The molecule has 0 atom stereocenters. The number of amides is 1. The van der Waals surface area contributed by atoms with Crippen LogP contribution in [0.3, 0.4) is 0 Å². The summed E-state index contributed by atoms with van der Waals surface area (Å²) in [5.74, 6) is 1.20. The van der Waals surface area contributed by atoms with E-state index in [1.165, 1.54) is 16.9 Å². The quantitative estimate of drug-likeness (QED) is 0.679. The Morgan fingerprint density at radius 2 is 2.04 bits per heavy atom. The van der Waals surface area contributed by atoms with Gasteiger partial charge in [0.2, 0.25) is 5.13 Å². The highest BCUT2D eigenvalue weighted by Crippen LogP contribution is 2.22. The van der Waals surface area contributed by atoms with Crippen molar-refractivity contribution in [1.29, 1.82) is 0 Å². The fourth-order valence-electron chi connectivity index (χ4n) is 2.34. The Morgan fingerprint density at radius 3 is 2.81 bits per heavy atom. The van der Waals surface area contributed by atoms with Crippen molar-refractivity contribution in [2.24, 2.45) is 0 Å². The number of rotatable bonds is 7. The number of ether oxygens (including phenoxy) is 2. The van der Waals surface area contributed by atoms with Crippen molar-refractivity contribution in [3.05, 3.63) is 58.0 Å². The van der Waals surface area contributed by atoms with E-state index in [1.54, 1.807) is 19.2 Å². The number of nitrogens with one attached hydrogen (secondary N) is 1. The predicted molar refractivity (Wildman–Crippen MR) is 97.5 cm³/mol. The van der Waals surface area contributed by atoms with E-state index in [2.05, 4.69) is 21.6 Å². The van der Waals surface area contributed by atoms with Gasteiger partial charge in [0.25, 0.3) is 5.91 Å². The topological polar surface area (TPSA) is 86.5 Å². The molecule has 8 heteroatoms. The van der Waals surface area contributed by atoms with Gasteiger partial charge in [-0.15, -0.1) is 10.2 Å². The third-order valence-corrected chi connectivity index (χ3v) is 4.35. The summed E-state index contributed by atoms with van der Waals surface area (Å²) in [4.78, 5) is 12.2. The summed E-state index contributed by atoms with van der Waals surface area (Å²) < 4.78 is 16.1. The van der Waals surface area contributed by atoms with Crippen LogP contribution in [0.15, 0.2) is 34.7 Å². The Hall–Kier alpha value is -2.71. The molecule has 1 aromatic carbocycles. The summed E-state index contributed by atoms with van der Waals surface area (Å²) in [6.45, 7) is 4.63. The molecule has 0 unspecified atom stereocenters. The molecule has 2 heterocycles. The summed E-state index contributed by atoms with van der Waals surface area (Å²) in [6.07, 6.45) is 0.